The van der Waals surface area contributed by atoms with Gasteiger partial charge in [0.15, 0.2) is 0 Å². The molecule has 0 saturated carbocycles. The molecule has 162 valence electrons. The summed E-state index contributed by atoms with van der Waals surface area (Å²) in [5.74, 6) is 0.0857. The van der Waals surface area contributed by atoms with Crippen LogP contribution < -0.4 is 5.32 Å². The van der Waals surface area contributed by atoms with Crippen LogP contribution in [0.25, 0.3) is 11.0 Å². The number of amides is 1. The minimum Gasteiger partial charge on any atom is -0.326 e. The van der Waals surface area contributed by atoms with Gasteiger partial charge in [-0.2, -0.15) is 0 Å². The number of hydrogen-bond donors (Lipinski definition) is 2. The van der Waals surface area contributed by atoms with Crippen molar-refractivity contribution in [2.75, 3.05) is 5.32 Å². The van der Waals surface area contributed by atoms with Crippen molar-refractivity contribution in [1.29, 1.82) is 0 Å². The second kappa shape index (κ2) is 15.0. The van der Waals surface area contributed by atoms with E-state index in [-0.39, 0.29) is 5.91 Å². The first-order valence-corrected chi connectivity index (χ1v) is 11.9. The molecule has 0 aliphatic carbocycles. The Morgan fingerprint density at radius 2 is 1.38 bits per heavy atom. The maximum atomic E-state index is 12.1. The lowest BCUT2D eigenvalue weighted by Crippen LogP contribution is -2.10. The number of carbonyl (C=O) groups is 1. The number of H-pyrrole nitrogens is 1. The number of aromatic amines is 1. The van der Waals surface area contributed by atoms with Gasteiger partial charge in [-0.3, -0.25) is 9.89 Å². The molecule has 5 nitrogen and oxygen atoms in total. The van der Waals surface area contributed by atoms with Crippen molar-refractivity contribution in [3.63, 3.8) is 0 Å². The van der Waals surface area contributed by atoms with Gasteiger partial charge in [0.05, 0.1) is 5.52 Å². The van der Waals surface area contributed by atoms with Crippen LogP contribution in [0.4, 0.5) is 5.69 Å². The lowest BCUT2D eigenvalue weighted by atomic mass is 10.0. The third-order valence-corrected chi connectivity index (χ3v) is 5.62. The highest BCUT2D eigenvalue weighted by Crippen LogP contribution is 2.16. The van der Waals surface area contributed by atoms with Crippen LogP contribution in [0, 0.1) is 0 Å². The maximum Gasteiger partial charge on any atom is 0.224 e. The van der Waals surface area contributed by atoms with Crippen molar-refractivity contribution < 1.29 is 4.79 Å². The summed E-state index contributed by atoms with van der Waals surface area (Å²) >= 11 is 0. The van der Waals surface area contributed by atoms with Crippen LogP contribution in [0.2, 0.25) is 0 Å². The fraction of sp³-hybridized carbons (Fsp3) is 0.708. The average molecular weight is 401 g/mol. The molecule has 0 aliphatic heterocycles. The highest BCUT2D eigenvalue weighted by Gasteiger charge is 2.04. The molecule has 0 aliphatic rings. The van der Waals surface area contributed by atoms with Crippen LogP contribution in [0.15, 0.2) is 18.2 Å². The van der Waals surface area contributed by atoms with E-state index >= 15 is 0 Å². The van der Waals surface area contributed by atoms with Gasteiger partial charge in [0.25, 0.3) is 0 Å². The number of unbranched alkanes of at least 4 members (excludes halogenated alkanes) is 14. The van der Waals surface area contributed by atoms with Crippen LogP contribution in [0.1, 0.15) is 110 Å². The lowest BCUT2D eigenvalue weighted by Gasteiger charge is -2.05. The van der Waals surface area contributed by atoms with E-state index in [0.29, 0.717) is 6.42 Å². The molecule has 0 radical (unpaired) electrons. The number of nitrogens with one attached hydrogen (secondary N) is 2. The highest BCUT2D eigenvalue weighted by molar-refractivity contribution is 5.92. The van der Waals surface area contributed by atoms with Gasteiger partial charge in [-0.15, -0.1) is 5.10 Å². The van der Waals surface area contributed by atoms with Crippen LogP contribution in [-0.4, -0.2) is 21.3 Å². The quantitative estimate of drug-likeness (QED) is 0.277. The molecular weight excluding hydrogens is 360 g/mol. The van der Waals surface area contributed by atoms with Gasteiger partial charge in [0.1, 0.15) is 5.52 Å². The average Bonchev–Trinajstić information content (AvgIpc) is 3.19. The number of fused-ring (bicyclic) bond motifs is 1. The summed E-state index contributed by atoms with van der Waals surface area (Å²) in [4.78, 5) is 12.1. The first-order valence-electron chi connectivity index (χ1n) is 11.9. The van der Waals surface area contributed by atoms with Crippen molar-refractivity contribution in [3.05, 3.63) is 18.2 Å². The summed E-state index contributed by atoms with van der Waals surface area (Å²) in [6, 6.07) is 5.62. The maximum absolute atomic E-state index is 12.1. The lowest BCUT2D eigenvalue weighted by molar-refractivity contribution is -0.116. The molecule has 0 unspecified atom stereocenters. The summed E-state index contributed by atoms with van der Waals surface area (Å²) in [5, 5.41) is 13.5. The van der Waals surface area contributed by atoms with E-state index in [0.717, 1.165) is 29.6 Å². The second-order valence-electron chi connectivity index (χ2n) is 8.29. The summed E-state index contributed by atoms with van der Waals surface area (Å²) in [6.45, 7) is 2.28. The second-order valence-corrected chi connectivity index (χ2v) is 8.29. The molecule has 0 spiro atoms. The van der Waals surface area contributed by atoms with E-state index in [2.05, 4.69) is 27.7 Å². The number of carbonyl (C=O) groups excluding carboxylic acids is 1. The van der Waals surface area contributed by atoms with E-state index in [1.165, 1.54) is 83.5 Å². The highest BCUT2D eigenvalue weighted by atomic mass is 16.1. The number of benzene rings is 1. The molecule has 1 aromatic heterocycles. The zero-order valence-electron chi connectivity index (χ0n) is 18.3. The van der Waals surface area contributed by atoms with Gasteiger partial charge < -0.3 is 5.32 Å². The molecule has 2 N–H and O–H groups in total. The first kappa shape index (κ1) is 23.4. The monoisotopic (exact) mass is 400 g/mol. The molecule has 2 rings (SSSR count). The number of aromatic nitrogens is 3. The van der Waals surface area contributed by atoms with E-state index in [4.69, 9.17) is 0 Å². The van der Waals surface area contributed by atoms with Crippen molar-refractivity contribution in [1.82, 2.24) is 15.4 Å². The Morgan fingerprint density at radius 3 is 1.97 bits per heavy atom. The van der Waals surface area contributed by atoms with Crippen LogP contribution >= 0.6 is 0 Å². The zero-order valence-corrected chi connectivity index (χ0v) is 18.3. The molecule has 29 heavy (non-hydrogen) atoms. The van der Waals surface area contributed by atoms with E-state index < -0.39 is 0 Å². The summed E-state index contributed by atoms with van der Waals surface area (Å²) < 4.78 is 0. The molecule has 0 bridgehead atoms. The number of nitrogens with zero attached hydrogens (tertiary/aromatic N) is 2. The fourth-order valence-electron chi connectivity index (χ4n) is 3.80. The summed E-state index contributed by atoms with van der Waals surface area (Å²) in [5.41, 5.74) is 2.44. The van der Waals surface area contributed by atoms with Crippen molar-refractivity contribution in [2.45, 2.75) is 110 Å². The Kier molecular flexibility index (Phi) is 12.1. The first-order chi connectivity index (χ1) is 14.3. The van der Waals surface area contributed by atoms with Gasteiger partial charge in [-0.25, -0.2) is 0 Å². The standard InChI is InChI=1S/C24H40N4O/c1-2-3-4-5-6-7-8-9-10-11-12-13-14-15-16-17-24(29)25-21-18-19-22-23(20-21)27-28-26-22/h18-20H,2-17H2,1H3,(H,25,29)(H,26,27,28). The molecular formula is C24H40N4O. The molecule has 5 heteroatoms. The number of hydrogen-bond acceptors (Lipinski definition) is 3. The predicted octanol–water partition coefficient (Wildman–Crippen LogP) is 7.16. The SMILES string of the molecule is CCCCCCCCCCCCCCCCCC(=O)Nc1ccc2[nH]nnc2c1. The van der Waals surface area contributed by atoms with E-state index in [1.807, 2.05) is 18.2 Å². The topological polar surface area (TPSA) is 70.7 Å². The van der Waals surface area contributed by atoms with Crippen LogP contribution in [-0.2, 0) is 4.79 Å². The largest absolute Gasteiger partial charge is 0.326 e. The Bertz CT molecular complexity index is 682. The Labute approximate surface area is 176 Å². The smallest absolute Gasteiger partial charge is 0.224 e. The van der Waals surface area contributed by atoms with Crippen molar-refractivity contribution >= 4 is 22.6 Å². The Hall–Kier alpha value is -1.91. The van der Waals surface area contributed by atoms with Gasteiger partial charge >= 0.3 is 0 Å². The predicted molar refractivity (Wildman–Crippen MR) is 122 cm³/mol. The Morgan fingerprint density at radius 1 is 0.828 bits per heavy atom. The van der Waals surface area contributed by atoms with Gasteiger partial charge in [-0.1, -0.05) is 102 Å². The third kappa shape index (κ3) is 10.4. The molecule has 1 amide bonds. The molecule has 0 fully saturated rings. The van der Waals surface area contributed by atoms with Gasteiger partial charge in [0, 0.05) is 12.1 Å². The van der Waals surface area contributed by atoms with Crippen molar-refractivity contribution in [3.8, 4) is 0 Å². The van der Waals surface area contributed by atoms with Crippen LogP contribution in [0.5, 0.6) is 0 Å². The zero-order chi connectivity index (χ0) is 20.6. The van der Waals surface area contributed by atoms with Gasteiger partial charge in [0.2, 0.25) is 5.91 Å². The summed E-state index contributed by atoms with van der Waals surface area (Å²) in [7, 11) is 0. The minimum absolute atomic E-state index is 0.0857. The normalized spacial score (nSPS) is 11.2. The molecule has 0 atom stereocenters. The number of rotatable bonds is 17. The summed E-state index contributed by atoms with van der Waals surface area (Å²) in [6.07, 6.45) is 20.7. The van der Waals surface area contributed by atoms with Gasteiger partial charge in [-0.05, 0) is 24.6 Å². The molecule has 1 aromatic carbocycles. The minimum atomic E-state index is 0.0857. The third-order valence-electron chi connectivity index (χ3n) is 5.62. The fourth-order valence-corrected chi connectivity index (χ4v) is 3.80. The number of anilines is 1. The molecule has 1 heterocycles. The van der Waals surface area contributed by atoms with Crippen molar-refractivity contribution in [2.24, 2.45) is 0 Å². The molecule has 0 saturated heterocycles. The Balaban J connectivity index is 1.36. The van der Waals surface area contributed by atoms with E-state index in [9.17, 15) is 4.79 Å². The van der Waals surface area contributed by atoms with Crippen LogP contribution in [0.3, 0.4) is 0 Å². The molecule has 2 aromatic rings. The van der Waals surface area contributed by atoms with E-state index in [1.54, 1.807) is 0 Å².